The van der Waals surface area contributed by atoms with Crippen LogP contribution in [0, 0.1) is 0 Å². The zero-order valence-corrected chi connectivity index (χ0v) is 18.5. The van der Waals surface area contributed by atoms with E-state index in [-0.39, 0.29) is 0 Å². The van der Waals surface area contributed by atoms with Crippen LogP contribution in [0.1, 0.15) is 63.9 Å². The third-order valence-electron chi connectivity index (χ3n) is 6.28. The standard InChI is InChI=1S/C23H40N6/c1-20-10-5-8-14-28(20)17-9-13-25-23(24-2)27-19-21-11-12-22(26-18-21)29-15-6-3-4-7-16-29/h11-12,18,20H,3-10,13-17,19H2,1-2H3,(H2,24,25,27). The van der Waals surface area contributed by atoms with Crippen molar-refractivity contribution in [2.24, 2.45) is 4.99 Å². The fourth-order valence-corrected chi connectivity index (χ4v) is 4.39. The Bertz CT molecular complexity index is 606. The van der Waals surface area contributed by atoms with Gasteiger partial charge in [-0.25, -0.2) is 4.98 Å². The van der Waals surface area contributed by atoms with Crippen LogP contribution in [0.5, 0.6) is 0 Å². The first-order valence-corrected chi connectivity index (χ1v) is 11.6. The molecule has 2 fully saturated rings. The molecule has 0 bridgehead atoms. The zero-order chi connectivity index (χ0) is 20.3. The Morgan fingerprint density at radius 3 is 2.55 bits per heavy atom. The first-order chi connectivity index (χ1) is 14.3. The van der Waals surface area contributed by atoms with Crippen molar-refractivity contribution in [2.75, 3.05) is 44.7 Å². The molecule has 0 radical (unpaired) electrons. The summed E-state index contributed by atoms with van der Waals surface area (Å²) >= 11 is 0. The summed E-state index contributed by atoms with van der Waals surface area (Å²) < 4.78 is 0. The summed E-state index contributed by atoms with van der Waals surface area (Å²) in [7, 11) is 1.84. The Kier molecular flexibility index (Phi) is 9.06. The second kappa shape index (κ2) is 12.0. The summed E-state index contributed by atoms with van der Waals surface area (Å²) in [4.78, 5) is 14.1. The molecule has 2 aliphatic rings. The number of guanidine groups is 1. The highest BCUT2D eigenvalue weighted by atomic mass is 15.2. The van der Waals surface area contributed by atoms with Crippen molar-refractivity contribution in [2.45, 2.75) is 70.9 Å². The van der Waals surface area contributed by atoms with E-state index >= 15 is 0 Å². The average Bonchev–Trinajstić information content (AvgIpc) is 3.04. The predicted molar refractivity (Wildman–Crippen MR) is 123 cm³/mol. The van der Waals surface area contributed by atoms with Gasteiger partial charge in [0.25, 0.3) is 0 Å². The van der Waals surface area contributed by atoms with Crippen LogP contribution in [-0.4, -0.2) is 61.7 Å². The Balaban J connectivity index is 1.36. The molecule has 1 aromatic heterocycles. The SMILES string of the molecule is CN=C(NCCCN1CCCCC1C)NCc1ccc(N2CCCCCC2)nc1. The summed E-state index contributed by atoms with van der Waals surface area (Å²) in [6.45, 7) is 8.76. The molecule has 0 aromatic carbocycles. The lowest BCUT2D eigenvalue weighted by molar-refractivity contribution is 0.159. The van der Waals surface area contributed by atoms with Gasteiger partial charge in [0.05, 0.1) is 0 Å². The van der Waals surface area contributed by atoms with E-state index in [4.69, 9.17) is 4.98 Å². The van der Waals surface area contributed by atoms with Gasteiger partial charge in [-0.05, 0) is 57.2 Å². The number of pyridine rings is 1. The summed E-state index contributed by atoms with van der Waals surface area (Å²) in [5.41, 5.74) is 1.19. The van der Waals surface area contributed by atoms with Crippen molar-refractivity contribution in [3.63, 3.8) is 0 Å². The van der Waals surface area contributed by atoms with E-state index in [2.05, 4.69) is 44.5 Å². The van der Waals surface area contributed by atoms with E-state index in [0.29, 0.717) is 0 Å². The highest BCUT2D eigenvalue weighted by molar-refractivity contribution is 5.79. The van der Waals surface area contributed by atoms with Gasteiger partial charge in [0.15, 0.2) is 5.96 Å². The van der Waals surface area contributed by atoms with Crippen molar-refractivity contribution in [1.29, 1.82) is 0 Å². The molecule has 2 saturated heterocycles. The number of likely N-dealkylation sites (tertiary alicyclic amines) is 1. The van der Waals surface area contributed by atoms with Gasteiger partial charge >= 0.3 is 0 Å². The maximum Gasteiger partial charge on any atom is 0.191 e. The zero-order valence-electron chi connectivity index (χ0n) is 18.5. The van der Waals surface area contributed by atoms with Crippen LogP contribution in [0.4, 0.5) is 5.82 Å². The molecule has 0 saturated carbocycles. The molecule has 3 heterocycles. The molecule has 1 unspecified atom stereocenters. The highest BCUT2D eigenvalue weighted by Crippen LogP contribution is 2.18. The van der Waals surface area contributed by atoms with Gasteiger partial charge in [-0.3, -0.25) is 4.99 Å². The molecular weight excluding hydrogens is 360 g/mol. The van der Waals surface area contributed by atoms with Crippen LogP contribution >= 0.6 is 0 Å². The van der Waals surface area contributed by atoms with E-state index in [1.165, 1.54) is 63.6 Å². The Morgan fingerprint density at radius 2 is 1.86 bits per heavy atom. The van der Waals surface area contributed by atoms with Crippen LogP contribution in [0.15, 0.2) is 23.3 Å². The number of anilines is 1. The van der Waals surface area contributed by atoms with E-state index < -0.39 is 0 Å². The number of aliphatic imine (C=N–C) groups is 1. The predicted octanol–water partition coefficient (Wildman–Crippen LogP) is 3.39. The van der Waals surface area contributed by atoms with Crippen molar-refractivity contribution in [3.8, 4) is 0 Å². The normalized spacial score (nSPS) is 21.7. The minimum absolute atomic E-state index is 0.742. The number of nitrogens with one attached hydrogen (secondary N) is 2. The lowest BCUT2D eigenvalue weighted by Crippen LogP contribution is -2.41. The average molecular weight is 401 g/mol. The summed E-state index contributed by atoms with van der Waals surface area (Å²) in [6.07, 6.45) is 12.5. The first kappa shape index (κ1) is 21.9. The number of rotatable bonds is 7. The number of nitrogens with zero attached hydrogens (tertiary/aromatic N) is 4. The number of aromatic nitrogens is 1. The molecule has 1 atom stereocenters. The number of hydrogen-bond acceptors (Lipinski definition) is 4. The van der Waals surface area contributed by atoms with Gasteiger partial charge in [-0.2, -0.15) is 0 Å². The number of hydrogen-bond donors (Lipinski definition) is 2. The first-order valence-electron chi connectivity index (χ1n) is 11.6. The molecule has 1 aromatic rings. The monoisotopic (exact) mass is 400 g/mol. The second-order valence-electron chi connectivity index (χ2n) is 8.51. The van der Waals surface area contributed by atoms with Crippen LogP contribution in [-0.2, 0) is 6.54 Å². The van der Waals surface area contributed by atoms with Gasteiger partial charge in [0, 0.05) is 52.0 Å². The van der Waals surface area contributed by atoms with E-state index in [1.807, 2.05) is 13.2 Å². The fraction of sp³-hybridized carbons (Fsp3) is 0.739. The second-order valence-corrected chi connectivity index (χ2v) is 8.51. The molecule has 3 rings (SSSR count). The van der Waals surface area contributed by atoms with Crippen molar-refractivity contribution < 1.29 is 0 Å². The van der Waals surface area contributed by atoms with Crippen LogP contribution < -0.4 is 15.5 Å². The molecule has 2 aliphatic heterocycles. The molecule has 0 amide bonds. The van der Waals surface area contributed by atoms with Crippen molar-refractivity contribution in [1.82, 2.24) is 20.5 Å². The van der Waals surface area contributed by atoms with Gasteiger partial charge in [-0.15, -0.1) is 0 Å². The summed E-state index contributed by atoms with van der Waals surface area (Å²) in [5, 5.41) is 6.86. The molecular formula is C23H40N6. The van der Waals surface area contributed by atoms with Gasteiger partial charge < -0.3 is 20.4 Å². The topological polar surface area (TPSA) is 55.8 Å². The van der Waals surface area contributed by atoms with E-state index in [0.717, 1.165) is 50.4 Å². The number of piperidine rings is 1. The third-order valence-corrected chi connectivity index (χ3v) is 6.28. The molecule has 29 heavy (non-hydrogen) atoms. The minimum Gasteiger partial charge on any atom is -0.357 e. The molecule has 0 aliphatic carbocycles. The Hall–Kier alpha value is -1.82. The maximum absolute atomic E-state index is 4.70. The van der Waals surface area contributed by atoms with Gasteiger partial charge in [-0.1, -0.05) is 25.3 Å². The smallest absolute Gasteiger partial charge is 0.191 e. The summed E-state index contributed by atoms with van der Waals surface area (Å²) in [5.74, 6) is 1.98. The van der Waals surface area contributed by atoms with Crippen LogP contribution in [0.3, 0.4) is 0 Å². The van der Waals surface area contributed by atoms with E-state index in [9.17, 15) is 0 Å². The quantitative estimate of drug-likeness (QED) is 0.417. The molecule has 6 heteroatoms. The molecule has 0 spiro atoms. The van der Waals surface area contributed by atoms with E-state index in [1.54, 1.807) is 0 Å². The Labute approximate surface area is 177 Å². The molecule has 6 nitrogen and oxygen atoms in total. The maximum atomic E-state index is 4.70. The van der Waals surface area contributed by atoms with Crippen LogP contribution in [0.25, 0.3) is 0 Å². The van der Waals surface area contributed by atoms with Crippen LogP contribution in [0.2, 0.25) is 0 Å². The van der Waals surface area contributed by atoms with Crippen molar-refractivity contribution in [3.05, 3.63) is 23.9 Å². The lowest BCUT2D eigenvalue weighted by atomic mass is 10.0. The van der Waals surface area contributed by atoms with Gasteiger partial charge in [0.2, 0.25) is 0 Å². The minimum atomic E-state index is 0.742. The summed E-state index contributed by atoms with van der Waals surface area (Å²) in [6, 6.07) is 5.09. The highest BCUT2D eigenvalue weighted by Gasteiger charge is 2.17. The lowest BCUT2D eigenvalue weighted by Gasteiger charge is -2.33. The largest absolute Gasteiger partial charge is 0.357 e. The van der Waals surface area contributed by atoms with Crippen molar-refractivity contribution >= 4 is 11.8 Å². The fourth-order valence-electron chi connectivity index (χ4n) is 4.39. The van der Waals surface area contributed by atoms with Gasteiger partial charge in [0.1, 0.15) is 5.82 Å². The Morgan fingerprint density at radius 1 is 1.07 bits per heavy atom. The third kappa shape index (κ3) is 7.18. The molecule has 2 N–H and O–H groups in total. The molecule has 162 valence electrons.